The number of aryl methyl sites for hydroxylation is 1. The van der Waals surface area contributed by atoms with Gasteiger partial charge < -0.3 is 5.73 Å². The SMILES string of the molecule is Cc1nc(N)c(Cl)nc1Br. The summed E-state index contributed by atoms with van der Waals surface area (Å²) in [4.78, 5) is 7.78. The van der Waals surface area contributed by atoms with Gasteiger partial charge in [-0.15, -0.1) is 0 Å². The van der Waals surface area contributed by atoms with Crippen molar-refractivity contribution < 1.29 is 0 Å². The lowest BCUT2D eigenvalue weighted by Crippen LogP contribution is -1.96. The van der Waals surface area contributed by atoms with Crippen LogP contribution in [0.4, 0.5) is 5.82 Å². The minimum Gasteiger partial charge on any atom is -0.381 e. The molecule has 0 radical (unpaired) electrons. The Balaban J connectivity index is 3.28. The summed E-state index contributed by atoms with van der Waals surface area (Å²) in [5.41, 5.74) is 6.10. The van der Waals surface area contributed by atoms with Crippen molar-refractivity contribution in [1.29, 1.82) is 0 Å². The van der Waals surface area contributed by atoms with Crippen LogP contribution in [-0.4, -0.2) is 9.97 Å². The highest BCUT2D eigenvalue weighted by molar-refractivity contribution is 9.10. The van der Waals surface area contributed by atoms with Gasteiger partial charge in [0.15, 0.2) is 11.0 Å². The topological polar surface area (TPSA) is 51.8 Å². The first kappa shape index (κ1) is 7.75. The molecule has 2 N–H and O–H groups in total. The van der Waals surface area contributed by atoms with Gasteiger partial charge in [0.05, 0.1) is 5.69 Å². The van der Waals surface area contributed by atoms with Crippen LogP contribution in [0.1, 0.15) is 5.69 Å². The summed E-state index contributed by atoms with van der Waals surface area (Å²) in [6, 6.07) is 0. The Labute approximate surface area is 71.7 Å². The zero-order chi connectivity index (χ0) is 7.72. The summed E-state index contributed by atoms with van der Waals surface area (Å²) < 4.78 is 0.631. The molecular formula is C5H5BrClN3. The van der Waals surface area contributed by atoms with Crippen LogP contribution in [0.2, 0.25) is 5.15 Å². The number of rotatable bonds is 0. The molecule has 1 aromatic rings. The molecule has 0 aliphatic rings. The van der Waals surface area contributed by atoms with Gasteiger partial charge in [0, 0.05) is 0 Å². The average Bonchev–Trinajstić information content (AvgIpc) is 1.84. The van der Waals surface area contributed by atoms with Crippen LogP contribution in [-0.2, 0) is 0 Å². The van der Waals surface area contributed by atoms with Gasteiger partial charge in [-0.05, 0) is 22.9 Å². The van der Waals surface area contributed by atoms with E-state index in [-0.39, 0.29) is 11.0 Å². The number of aromatic nitrogens is 2. The molecular weight excluding hydrogens is 217 g/mol. The van der Waals surface area contributed by atoms with E-state index < -0.39 is 0 Å². The van der Waals surface area contributed by atoms with Gasteiger partial charge in [0.2, 0.25) is 0 Å². The maximum Gasteiger partial charge on any atom is 0.172 e. The third-order valence-electron chi connectivity index (χ3n) is 0.994. The standard InChI is InChI=1S/C5H5BrClN3/c1-2-3(6)10-4(7)5(8)9-2/h1H3,(H2,8,9). The van der Waals surface area contributed by atoms with Crippen LogP contribution < -0.4 is 5.73 Å². The van der Waals surface area contributed by atoms with E-state index in [0.29, 0.717) is 4.60 Å². The van der Waals surface area contributed by atoms with E-state index >= 15 is 0 Å². The molecule has 5 heteroatoms. The summed E-state index contributed by atoms with van der Waals surface area (Å²) in [5, 5.41) is 0.234. The second kappa shape index (κ2) is 2.72. The number of nitrogens with two attached hydrogens (primary N) is 1. The quantitative estimate of drug-likeness (QED) is 0.728. The number of hydrogen-bond donors (Lipinski definition) is 1. The monoisotopic (exact) mass is 221 g/mol. The lowest BCUT2D eigenvalue weighted by molar-refractivity contribution is 1.09. The zero-order valence-corrected chi connectivity index (χ0v) is 7.57. The maximum absolute atomic E-state index is 5.56. The molecule has 1 heterocycles. The van der Waals surface area contributed by atoms with Gasteiger partial charge in [-0.1, -0.05) is 11.6 Å². The van der Waals surface area contributed by atoms with E-state index in [9.17, 15) is 0 Å². The molecule has 0 saturated heterocycles. The van der Waals surface area contributed by atoms with E-state index in [1.54, 1.807) is 6.92 Å². The predicted molar refractivity (Wildman–Crippen MR) is 43.9 cm³/mol. The Morgan fingerprint density at radius 1 is 1.50 bits per heavy atom. The van der Waals surface area contributed by atoms with Crippen LogP contribution in [0, 0.1) is 6.92 Å². The van der Waals surface area contributed by atoms with E-state index in [2.05, 4.69) is 25.9 Å². The maximum atomic E-state index is 5.56. The van der Waals surface area contributed by atoms with Crippen molar-refractivity contribution in [2.75, 3.05) is 5.73 Å². The average molecular weight is 222 g/mol. The van der Waals surface area contributed by atoms with Crippen LogP contribution >= 0.6 is 27.5 Å². The molecule has 0 atom stereocenters. The van der Waals surface area contributed by atoms with E-state index in [0.717, 1.165) is 5.69 Å². The fraction of sp³-hybridized carbons (Fsp3) is 0.200. The fourth-order valence-corrected chi connectivity index (χ4v) is 0.992. The Hall–Kier alpha value is -0.350. The molecule has 0 unspecified atom stereocenters. The smallest absolute Gasteiger partial charge is 0.172 e. The third-order valence-corrected chi connectivity index (χ3v) is 2.02. The Kier molecular flexibility index (Phi) is 2.11. The summed E-state index contributed by atoms with van der Waals surface area (Å²) >= 11 is 8.72. The number of nitrogens with zero attached hydrogens (tertiary/aromatic N) is 2. The molecule has 0 fully saturated rings. The second-order valence-electron chi connectivity index (χ2n) is 1.78. The number of halogens is 2. The first-order valence-electron chi connectivity index (χ1n) is 2.56. The minimum absolute atomic E-state index is 0.234. The first-order chi connectivity index (χ1) is 4.61. The molecule has 54 valence electrons. The molecule has 0 aliphatic heterocycles. The Bertz CT molecular complexity index is 213. The largest absolute Gasteiger partial charge is 0.381 e. The van der Waals surface area contributed by atoms with Crippen molar-refractivity contribution in [2.45, 2.75) is 6.92 Å². The number of hydrogen-bond acceptors (Lipinski definition) is 3. The molecule has 0 aliphatic carbocycles. The van der Waals surface area contributed by atoms with E-state index in [1.165, 1.54) is 0 Å². The van der Waals surface area contributed by atoms with Gasteiger partial charge in [0.25, 0.3) is 0 Å². The molecule has 3 nitrogen and oxygen atoms in total. The molecule has 0 bridgehead atoms. The normalized spacial score (nSPS) is 9.90. The van der Waals surface area contributed by atoms with Crippen LogP contribution in [0.15, 0.2) is 4.60 Å². The summed E-state index contributed by atoms with van der Waals surface area (Å²) in [5.74, 6) is 0.266. The van der Waals surface area contributed by atoms with Crippen LogP contribution in [0.3, 0.4) is 0 Å². The second-order valence-corrected chi connectivity index (χ2v) is 2.89. The zero-order valence-electron chi connectivity index (χ0n) is 5.23. The highest BCUT2D eigenvalue weighted by Gasteiger charge is 2.02. The van der Waals surface area contributed by atoms with Gasteiger partial charge in [-0.2, -0.15) is 0 Å². The van der Waals surface area contributed by atoms with E-state index in [4.69, 9.17) is 17.3 Å². The molecule has 10 heavy (non-hydrogen) atoms. The molecule has 0 amide bonds. The van der Waals surface area contributed by atoms with Crippen molar-refractivity contribution >= 4 is 33.3 Å². The Morgan fingerprint density at radius 3 is 2.60 bits per heavy atom. The molecule has 0 spiro atoms. The molecule has 1 aromatic heterocycles. The van der Waals surface area contributed by atoms with Crippen molar-refractivity contribution in [3.63, 3.8) is 0 Å². The molecule has 0 aromatic carbocycles. The first-order valence-corrected chi connectivity index (χ1v) is 3.73. The van der Waals surface area contributed by atoms with Gasteiger partial charge >= 0.3 is 0 Å². The summed E-state index contributed by atoms with van der Waals surface area (Å²) in [7, 11) is 0. The Morgan fingerprint density at radius 2 is 2.10 bits per heavy atom. The van der Waals surface area contributed by atoms with Crippen molar-refractivity contribution in [1.82, 2.24) is 9.97 Å². The lowest BCUT2D eigenvalue weighted by atomic mass is 10.5. The summed E-state index contributed by atoms with van der Waals surface area (Å²) in [6.45, 7) is 1.80. The predicted octanol–water partition coefficient (Wildman–Crippen LogP) is 1.78. The van der Waals surface area contributed by atoms with Crippen LogP contribution in [0.25, 0.3) is 0 Å². The molecule has 1 rings (SSSR count). The van der Waals surface area contributed by atoms with Crippen LogP contribution in [0.5, 0.6) is 0 Å². The third kappa shape index (κ3) is 1.38. The lowest BCUT2D eigenvalue weighted by Gasteiger charge is -1.98. The highest BCUT2D eigenvalue weighted by Crippen LogP contribution is 2.18. The van der Waals surface area contributed by atoms with Gasteiger partial charge in [-0.3, -0.25) is 0 Å². The van der Waals surface area contributed by atoms with Gasteiger partial charge in [-0.25, -0.2) is 9.97 Å². The van der Waals surface area contributed by atoms with Gasteiger partial charge in [0.1, 0.15) is 4.60 Å². The van der Waals surface area contributed by atoms with Crippen molar-refractivity contribution in [3.05, 3.63) is 15.5 Å². The van der Waals surface area contributed by atoms with Crippen molar-refractivity contribution in [3.8, 4) is 0 Å². The highest BCUT2D eigenvalue weighted by atomic mass is 79.9. The number of anilines is 1. The molecule has 0 saturated carbocycles. The number of nitrogen functional groups attached to an aromatic ring is 1. The van der Waals surface area contributed by atoms with E-state index in [1.807, 2.05) is 0 Å². The fourth-order valence-electron chi connectivity index (χ4n) is 0.497. The van der Waals surface area contributed by atoms with Crippen molar-refractivity contribution in [2.24, 2.45) is 0 Å². The minimum atomic E-state index is 0.234. The summed E-state index contributed by atoms with van der Waals surface area (Å²) in [6.07, 6.45) is 0.